The molecule has 0 heterocycles. The van der Waals surface area contributed by atoms with Crippen LogP contribution in [0, 0.1) is 4.91 Å². The van der Waals surface area contributed by atoms with Crippen LogP contribution in [-0.4, -0.2) is 30.6 Å². The molecule has 0 saturated heterocycles. The van der Waals surface area contributed by atoms with Gasteiger partial charge in [0.25, 0.3) is 0 Å². The van der Waals surface area contributed by atoms with E-state index in [0.717, 1.165) is 5.71 Å². The molecule has 1 unspecified atom stereocenters. The zero-order valence-corrected chi connectivity index (χ0v) is 14.4. The molecule has 0 aromatic heterocycles. The number of aliphatic imine (C=N–C) groups is 1. The van der Waals surface area contributed by atoms with Crippen LogP contribution in [-0.2, 0) is 9.59 Å². The van der Waals surface area contributed by atoms with Gasteiger partial charge in [-0.15, -0.1) is 4.91 Å². The van der Waals surface area contributed by atoms with Crippen molar-refractivity contribution in [2.75, 3.05) is 13.1 Å². The summed E-state index contributed by atoms with van der Waals surface area (Å²) in [5, 5.41) is 8.32. The predicted molar refractivity (Wildman–Crippen MR) is 97.4 cm³/mol. The fraction of sp³-hybridized carbons (Fsp3) is 0.353. The van der Waals surface area contributed by atoms with Gasteiger partial charge in [-0.3, -0.25) is 14.6 Å². The molecule has 0 spiro atoms. The Balaban J connectivity index is 2.85. The van der Waals surface area contributed by atoms with E-state index in [0.29, 0.717) is 5.56 Å². The van der Waals surface area contributed by atoms with Gasteiger partial charge in [0.1, 0.15) is 5.69 Å². The summed E-state index contributed by atoms with van der Waals surface area (Å²) in [5.74, 6) is -0.720. The van der Waals surface area contributed by atoms with Crippen molar-refractivity contribution in [2.24, 2.45) is 15.9 Å². The highest BCUT2D eigenvalue weighted by atomic mass is 16.3. The maximum Gasteiger partial charge on any atom is 0.234 e. The monoisotopic (exact) mass is 345 g/mol. The van der Waals surface area contributed by atoms with Crippen molar-refractivity contribution < 1.29 is 9.59 Å². The number of carbonyl (C=O) groups is 2. The fourth-order valence-corrected chi connectivity index (χ4v) is 2.09. The van der Waals surface area contributed by atoms with Crippen molar-refractivity contribution in [1.82, 2.24) is 10.6 Å². The van der Waals surface area contributed by atoms with Crippen LogP contribution >= 0.6 is 0 Å². The number of nitroso groups, excluding NO2 is 1. The van der Waals surface area contributed by atoms with E-state index in [1.54, 1.807) is 37.4 Å². The van der Waals surface area contributed by atoms with Crippen LogP contribution in [0.3, 0.4) is 0 Å². The third-order valence-electron chi connectivity index (χ3n) is 3.31. The molecular weight excluding hydrogens is 322 g/mol. The van der Waals surface area contributed by atoms with Crippen LogP contribution in [0.5, 0.6) is 0 Å². The molecule has 8 nitrogen and oxygen atoms in total. The summed E-state index contributed by atoms with van der Waals surface area (Å²) in [7, 11) is 0. The highest BCUT2D eigenvalue weighted by molar-refractivity contribution is 5.89. The van der Waals surface area contributed by atoms with Crippen molar-refractivity contribution >= 4 is 23.2 Å². The lowest BCUT2D eigenvalue weighted by Gasteiger charge is -2.19. The molecule has 4 N–H and O–H groups in total. The first-order valence-electron chi connectivity index (χ1n) is 7.84. The zero-order valence-electron chi connectivity index (χ0n) is 14.4. The van der Waals surface area contributed by atoms with Crippen LogP contribution < -0.4 is 16.4 Å². The molecule has 0 aliphatic rings. The lowest BCUT2D eigenvalue weighted by atomic mass is 10.0. The van der Waals surface area contributed by atoms with E-state index in [9.17, 15) is 14.5 Å². The molecule has 25 heavy (non-hydrogen) atoms. The second-order valence-corrected chi connectivity index (χ2v) is 5.30. The third kappa shape index (κ3) is 7.05. The maximum atomic E-state index is 12.2. The molecule has 0 saturated carbocycles. The summed E-state index contributed by atoms with van der Waals surface area (Å²) < 4.78 is 0. The summed E-state index contributed by atoms with van der Waals surface area (Å²) in [6, 6.07) is 5.83. The average molecular weight is 345 g/mol. The number of nitrogens with two attached hydrogens (primary N) is 1. The first kappa shape index (κ1) is 20.2. The molecule has 0 fully saturated rings. The van der Waals surface area contributed by atoms with Crippen molar-refractivity contribution in [3.05, 3.63) is 47.0 Å². The maximum absolute atomic E-state index is 12.2. The molecule has 1 aromatic carbocycles. The van der Waals surface area contributed by atoms with Gasteiger partial charge in [-0.05, 0) is 25.1 Å². The van der Waals surface area contributed by atoms with Gasteiger partial charge in [0.15, 0.2) is 0 Å². The number of hydrogen-bond acceptors (Lipinski definition) is 6. The number of rotatable bonds is 9. The smallest absolute Gasteiger partial charge is 0.234 e. The Kier molecular flexibility index (Phi) is 8.73. The molecule has 0 radical (unpaired) electrons. The van der Waals surface area contributed by atoms with Crippen LogP contribution in [0.4, 0.5) is 5.69 Å². The predicted octanol–water partition coefficient (Wildman–Crippen LogP) is 1.70. The molecule has 8 heteroatoms. The lowest BCUT2D eigenvalue weighted by molar-refractivity contribution is -0.122. The highest BCUT2D eigenvalue weighted by Crippen LogP contribution is 2.27. The van der Waals surface area contributed by atoms with E-state index in [1.807, 2.05) is 6.92 Å². The van der Waals surface area contributed by atoms with E-state index in [1.165, 1.54) is 6.07 Å². The van der Waals surface area contributed by atoms with Crippen LogP contribution in [0.1, 0.15) is 31.9 Å². The van der Waals surface area contributed by atoms with E-state index in [-0.39, 0.29) is 31.1 Å². The van der Waals surface area contributed by atoms with Gasteiger partial charge in [-0.1, -0.05) is 24.3 Å². The summed E-state index contributed by atoms with van der Waals surface area (Å²) >= 11 is 0. The molecule has 0 bridgehead atoms. The topological polar surface area (TPSA) is 126 Å². The summed E-state index contributed by atoms with van der Waals surface area (Å²) in [6.07, 6.45) is 3.37. The molecule has 0 aliphatic heterocycles. The number of nitrogens with one attached hydrogen (secondary N) is 2. The molecular formula is C17H23N5O3. The van der Waals surface area contributed by atoms with Gasteiger partial charge in [0, 0.05) is 17.5 Å². The van der Waals surface area contributed by atoms with Crippen molar-refractivity contribution in [3.63, 3.8) is 0 Å². The van der Waals surface area contributed by atoms with E-state index >= 15 is 0 Å². The molecule has 0 aliphatic carbocycles. The Labute approximate surface area is 146 Å². The van der Waals surface area contributed by atoms with Gasteiger partial charge in [-0.25, -0.2) is 0 Å². The number of benzene rings is 1. The Hall–Kier alpha value is -2.87. The van der Waals surface area contributed by atoms with Crippen molar-refractivity contribution in [1.29, 1.82) is 0 Å². The average Bonchev–Trinajstić information content (AvgIpc) is 2.63. The zero-order chi connectivity index (χ0) is 18.7. The summed E-state index contributed by atoms with van der Waals surface area (Å²) in [6.45, 7) is 3.70. The number of amides is 2. The van der Waals surface area contributed by atoms with Crippen molar-refractivity contribution in [3.8, 4) is 0 Å². The Morgan fingerprint density at radius 3 is 2.64 bits per heavy atom. The molecule has 1 rings (SSSR count). The van der Waals surface area contributed by atoms with Crippen LogP contribution in [0.2, 0.25) is 0 Å². The second kappa shape index (κ2) is 10.8. The minimum Gasteiger partial charge on any atom is -0.351 e. The molecule has 134 valence electrons. The molecule has 1 atom stereocenters. The Morgan fingerprint density at radius 2 is 2.00 bits per heavy atom. The minimum atomic E-state index is -0.697. The van der Waals surface area contributed by atoms with Gasteiger partial charge in [0.05, 0.1) is 25.6 Å². The largest absolute Gasteiger partial charge is 0.351 e. The highest BCUT2D eigenvalue weighted by Gasteiger charge is 2.21. The van der Waals surface area contributed by atoms with E-state index < -0.39 is 11.9 Å². The third-order valence-corrected chi connectivity index (χ3v) is 3.31. The summed E-state index contributed by atoms with van der Waals surface area (Å²) in [4.78, 5) is 39.0. The molecule has 2 amide bonds. The normalized spacial score (nSPS) is 12.7. The van der Waals surface area contributed by atoms with E-state index in [2.05, 4.69) is 20.8 Å². The van der Waals surface area contributed by atoms with Gasteiger partial charge in [0.2, 0.25) is 11.8 Å². The van der Waals surface area contributed by atoms with Gasteiger partial charge >= 0.3 is 0 Å². The number of carbonyl (C=O) groups excluding carboxylic acids is 2. The Bertz CT molecular complexity index is 670. The first-order valence-corrected chi connectivity index (χ1v) is 7.84. The number of allylic oxidation sites excluding steroid dienone is 1. The fourth-order valence-electron chi connectivity index (χ4n) is 2.09. The van der Waals surface area contributed by atoms with Gasteiger partial charge < -0.3 is 16.4 Å². The molecule has 1 aromatic rings. The Morgan fingerprint density at radius 1 is 1.28 bits per heavy atom. The SMILES string of the molecule is C/C=C\N=C(C)CNC(=O)CC(NC(=O)CN)c1ccccc1N=O. The van der Waals surface area contributed by atoms with Crippen LogP contribution in [0.25, 0.3) is 0 Å². The number of nitrogens with zero attached hydrogens (tertiary/aromatic N) is 2. The van der Waals surface area contributed by atoms with E-state index in [4.69, 9.17) is 5.73 Å². The quantitative estimate of drug-likeness (QED) is 0.465. The summed E-state index contributed by atoms with van der Waals surface area (Å²) in [5.41, 5.74) is 6.70. The number of hydrogen-bond donors (Lipinski definition) is 3. The van der Waals surface area contributed by atoms with Crippen molar-refractivity contribution in [2.45, 2.75) is 26.3 Å². The lowest BCUT2D eigenvalue weighted by Crippen LogP contribution is -2.37. The standard InChI is InChI=1S/C17H23N5O3/c1-3-8-19-12(2)11-20-16(23)9-15(21-17(24)10-18)13-6-4-5-7-14(13)22-25/h3-8,15H,9-11,18H2,1-2H3,(H,20,23)(H,21,24)/b8-3-,19-12?. The van der Waals surface area contributed by atoms with Crippen LogP contribution in [0.15, 0.2) is 46.7 Å². The first-order chi connectivity index (χ1) is 12.0. The van der Waals surface area contributed by atoms with Gasteiger partial charge in [-0.2, -0.15) is 0 Å². The minimum absolute atomic E-state index is 0.0465. The second-order valence-electron chi connectivity index (χ2n) is 5.30.